The second-order valence-electron chi connectivity index (χ2n) is 10.8. The number of alkyl halides is 4. The summed E-state index contributed by atoms with van der Waals surface area (Å²) in [7, 11) is 0. The Morgan fingerprint density at radius 3 is 1.55 bits per heavy atom. The van der Waals surface area contributed by atoms with E-state index in [-0.39, 0.29) is 5.92 Å². The quantitative estimate of drug-likeness (QED) is 0.323. The topological polar surface area (TPSA) is 107 Å². The number of ether oxygens (including phenoxy) is 1. The van der Waals surface area contributed by atoms with E-state index in [4.69, 9.17) is 0 Å². The number of carboxylic acid groups (broad SMARTS) is 2. The first-order chi connectivity index (χ1) is 19.9. The minimum atomic E-state index is -4.78. The van der Waals surface area contributed by atoms with Crippen LogP contribution >= 0.6 is 0 Å². The van der Waals surface area contributed by atoms with Crippen molar-refractivity contribution in [1.82, 2.24) is 0 Å². The normalized spacial score (nSPS) is 20.7. The van der Waals surface area contributed by atoms with Gasteiger partial charge in [0.1, 0.15) is 12.1 Å². The van der Waals surface area contributed by atoms with Gasteiger partial charge in [-0.25, -0.2) is 4.79 Å². The van der Waals surface area contributed by atoms with E-state index >= 15 is 0 Å². The number of hydrogen-bond acceptors (Lipinski definition) is 6. The molecule has 0 N–H and O–H groups in total. The van der Waals surface area contributed by atoms with Crippen LogP contribution in [0, 0.1) is 0 Å². The van der Waals surface area contributed by atoms with E-state index in [2.05, 4.69) is 4.74 Å². The lowest BCUT2D eigenvalue weighted by molar-refractivity contribution is -0.332. The summed E-state index contributed by atoms with van der Waals surface area (Å²) in [4.78, 5) is 33.6. The number of benzene rings is 3. The maximum absolute atomic E-state index is 13.2. The maximum Gasteiger partial charge on any atom is 0.377 e. The molecule has 0 spiro atoms. The van der Waals surface area contributed by atoms with Crippen LogP contribution in [0.3, 0.4) is 0 Å². The van der Waals surface area contributed by atoms with Gasteiger partial charge in [0.05, 0.1) is 17.8 Å². The van der Waals surface area contributed by atoms with Crippen LogP contribution in [0.1, 0.15) is 77.8 Å². The van der Waals surface area contributed by atoms with Crippen LogP contribution in [-0.2, 0) is 24.5 Å². The van der Waals surface area contributed by atoms with Gasteiger partial charge in [-0.2, -0.15) is 17.6 Å². The molecule has 0 aromatic heterocycles. The number of halogens is 4. The summed E-state index contributed by atoms with van der Waals surface area (Å²) >= 11 is 0. The van der Waals surface area contributed by atoms with Gasteiger partial charge in [-0.05, 0) is 59.1 Å². The monoisotopic (exact) mass is 582 g/mol. The molecule has 3 aromatic carbocycles. The molecule has 0 aliphatic heterocycles. The first kappa shape index (κ1) is 29.3. The van der Waals surface area contributed by atoms with E-state index in [1.165, 1.54) is 0 Å². The average Bonchev–Trinajstić information content (AvgIpc) is 2.97. The molecule has 10 heteroatoms. The van der Waals surface area contributed by atoms with Crippen molar-refractivity contribution < 1.29 is 46.9 Å². The van der Waals surface area contributed by atoms with Gasteiger partial charge in [-0.1, -0.05) is 79.2 Å². The Kier molecular flexibility index (Phi) is 7.59. The molecule has 0 saturated heterocycles. The molecule has 0 unspecified atom stereocenters. The Balaban J connectivity index is 0.000000172. The van der Waals surface area contributed by atoms with Gasteiger partial charge in [0, 0.05) is 5.92 Å². The highest BCUT2D eigenvalue weighted by atomic mass is 19.3. The number of carbonyl (C=O) groups excluding carboxylic acids is 3. The van der Waals surface area contributed by atoms with Crippen molar-refractivity contribution >= 4 is 17.9 Å². The molecule has 1 fully saturated rings. The molecule has 42 heavy (non-hydrogen) atoms. The van der Waals surface area contributed by atoms with Crippen molar-refractivity contribution in [2.75, 3.05) is 0 Å². The third-order valence-electron chi connectivity index (χ3n) is 8.20. The third kappa shape index (κ3) is 4.82. The van der Waals surface area contributed by atoms with Gasteiger partial charge in [0.2, 0.25) is 0 Å². The van der Waals surface area contributed by atoms with E-state index in [9.17, 15) is 42.2 Å². The minimum absolute atomic E-state index is 0.0971. The van der Waals surface area contributed by atoms with Crippen LogP contribution in [0.4, 0.5) is 17.6 Å². The molecule has 1 saturated carbocycles. The zero-order chi connectivity index (χ0) is 30.3. The largest absolute Gasteiger partial charge is 0.548 e. The van der Waals surface area contributed by atoms with Crippen LogP contribution in [0.15, 0.2) is 72.8 Å². The van der Waals surface area contributed by atoms with Crippen LogP contribution in [0.2, 0.25) is 0 Å². The smallest absolute Gasteiger partial charge is 0.377 e. The van der Waals surface area contributed by atoms with Crippen molar-refractivity contribution in [3.63, 3.8) is 0 Å². The Morgan fingerprint density at radius 1 is 0.714 bits per heavy atom. The van der Waals surface area contributed by atoms with Crippen LogP contribution in [0.5, 0.6) is 0 Å². The molecule has 2 bridgehead atoms. The highest BCUT2D eigenvalue weighted by molar-refractivity contribution is 5.95. The number of hydrogen-bond donors (Lipinski definition) is 0. The summed E-state index contributed by atoms with van der Waals surface area (Å²) < 4.78 is 56.1. The Labute approximate surface area is 238 Å². The van der Waals surface area contributed by atoms with Crippen LogP contribution in [-0.4, -0.2) is 35.9 Å². The average molecular weight is 583 g/mol. The molecule has 6 nitrogen and oxygen atoms in total. The lowest BCUT2D eigenvalue weighted by Crippen LogP contribution is -2.53. The SMILES string of the molecule is O=C([O-])C(F)(F)CC(F)(F)C(=O)OC1CCCCC1.O=C([O-])C12c3ccccc3C(c3ccccc31)c1ccccc12. The summed E-state index contributed by atoms with van der Waals surface area (Å²) in [6, 6.07) is 23.6. The molecular formula is C32H26F4O6-2. The van der Waals surface area contributed by atoms with Crippen molar-refractivity contribution in [2.45, 2.75) is 67.8 Å². The number of esters is 1. The molecule has 3 aromatic rings. The van der Waals surface area contributed by atoms with Gasteiger partial charge in [0.15, 0.2) is 0 Å². The minimum Gasteiger partial charge on any atom is -0.548 e. The fourth-order valence-electron chi connectivity index (χ4n) is 6.38. The summed E-state index contributed by atoms with van der Waals surface area (Å²) in [6.07, 6.45) is -0.0562. The first-order valence-corrected chi connectivity index (χ1v) is 13.6. The lowest BCUT2D eigenvalue weighted by atomic mass is 9.53. The van der Waals surface area contributed by atoms with E-state index < -0.39 is 47.7 Å². The molecule has 0 atom stereocenters. The number of aliphatic carboxylic acids is 2. The molecule has 0 amide bonds. The van der Waals surface area contributed by atoms with Gasteiger partial charge < -0.3 is 24.5 Å². The molecule has 0 heterocycles. The van der Waals surface area contributed by atoms with Crippen molar-refractivity contribution in [2.24, 2.45) is 0 Å². The predicted octanol–water partition coefficient (Wildman–Crippen LogP) is 3.85. The van der Waals surface area contributed by atoms with Gasteiger partial charge in [0.25, 0.3) is 5.92 Å². The fourth-order valence-corrected chi connectivity index (χ4v) is 6.38. The zero-order valence-electron chi connectivity index (χ0n) is 22.3. The van der Waals surface area contributed by atoms with E-state index in [1.807, 2.05) is 72.8 Å². The van der Waals surface area contributed by atoms with Crippen LogP contribution < -0.4 is 10.2 Å². The Morgan fingerprint density at radius 2 is 1.14 bits per heavy atom. The van der Waals surface area contributed by atoms with Crippen molar-refractivity contribution in [1.29, 1.82) is 0 Å². The number of rotatable bonds is 6. The standard InChI is InChI=1S/C21H14O2.C11H14F4O4/c22-20(23)21-16-10-4-1-7-13(16)19(14-8-2-5-11-17(14)21)15-9-3-6-12-18(15)21;12-10(13,8(16)17)6-11(14,15)9(18)19-7-4-2-1-3-5-7/h1-12,19H,(H,22,23);7H,1-6H2,(H,16,17)/p-2. The highest BCUT2D eigenvalue weighted by Gasteiger charge is 2.53. The zero-order valence-corrected chi connectivity index (χ0v) is 22.3. The number of carboxylic acids is 2. The molecular weight excluding hydrogens is 556 g/mol. The predicted molar refractivity (Wildman–Crippen MR) is 138 cm³/mol. The summed E-state index contributed by atoms with van der Waals surface area (Å²) in [5, 5.41) is 22.5. The lowest BCUT2D eigenvalue weighted by Gasteiger charge is -2.51. The van der Waals surface area contributed by atoms with Crippen molar-refractivity contribution in [3.8, 4) is 0 Å². The number of carbonyl (C=O) groups is 3. The third-order valence-corrected chi connectivity index (χ3v) is 8.20. The molecule has 0 radical (unpaired) electrons. The molecule has 4 aliphatic rings. The first-order valence-electron chi connectivity index (χ1n) is 13.6. The molecule has 220 valence electrons. The van der Waals surface area contributed by atoms with Crippen LogP contribution in [0.25, 0.3) is 0 Å². The highest BCUT2D eigenvalue weighted by Crippen LogP contribution is 2.58. The summed E-state index contributed by atoms with van der Waals surface area (Å²) in [6.45, 7) is 0. The van der Waals surface area contributed by atoms with E-state index in [0.29, 0.717) is 25.7 Å². The van der Waals surface area contributed by atoms with Gasteiger partial charge >= 0.3 is 11.9 Å². The Hall–Kier alpha value is -4.21. The fraction of sp³-hybridized carbons (Fsp3) is 0.344. The van der Waals surface area contributed by atoms with Gasteiger partial charge in [-0.3, -0.25) is 0 Å². The maximum atomic E-state index is 13.2. The Bertz CT molecular complexity index is 1410. The van der Waals surface area contributed by atoms with E-state index in [0.717, 1.165) is 39.8 Å². The van der Waals surface area contributed by atoms with Gasteiger partial charge in [-0.15, -0.1) is 0 Å². The summed E-state index contributed by atoms with van der Waals surface area (Å²) in [5.74, 6) is -15.4. The van der Waals surface area contributed by atoms with Crippen molar-refractivity contribution in [3.05, 3.63) is 106 Å². The molecule has 4 aliphatic carbocycles. The second kappa shape index (κ2) is 10.9. The summed E-state index contributed by atoms with van der Waals surface area (Å²) in [5.41, 5.74) is 4.57. The molecule has 7 rings (SSSR count). The van der Waals surface area contributed by atoms with E-state index in [1.54, 1.807) is 0 Å². The second-order valence-corrected chi connectivity index (χ2v) is 10.8.